The van der Waals surface area contributed by atoms with Crippen LogP contribution in [0.2, 0.25) is 0 Å². The Kier molecular flexibility index (Phi) is 3.84. The molecule has 1 amide bonds. The number of hydrogen-bond donors (Lipinski definition) is 1. The molecule has 19 heavy (non-hydrogen) atoms. The first-order valence-electron chi connectivity index (χ1n) is 7.18. The summed E-state index contributed by atoms with van der Waals surface area (Å²) in [5.74, 6) is 0.986. The molecule has 0 aromatic carbocycles. The largest absolute Gasteiger partial charge is 0.333 e. The second-order valence-corrected chi connectivity index (χ2v) is 6.55. The molecule has 5 heteroatoms. The normalized spacial score (nSPS) is 25.9. The highest BCUT2D eigenvalue weighted by Gasteiger charge is 2.36. The molecule has 0 aliphatic carbocycles. The lowest BCUT2D eigenvalue weighted by Crippen LogP contribution is -2.51. The minimum absolute atomic E-state index is 0.141. The van der Waals surface area contributed by atoms with Gasteiger partial charge in [-0.25, -0.2) is 4.98 Å². The van der Waals surface area contributed by atoms with Gasteiger partial charge in [-0.1, -0.05) is 6.92 Å². The third-order valence-corrected chi connectivity index (χ3v) is 5.31. The number of thiazole rings is 1. The summed E-state index contributed by atoms with van der Waals surface area (Å²) in [5, 5.41) is 6.37. The molecule has 2 fully saturated rings. The lowest BCUT2D eigenvalue weighted by atomic mass is 9.87. The number of nitrogens with one attached hydrogen (secondary N) is 1. The fourth-order valence-electron chi connectivity index (χ4n) is 2.98. The monoisotopic (exact) mass is 279 g/mol. The Balaban J connectivity index is 1.74. The highest BCUT2D eigenvalue weighted by molar-refractivity contribution is 7.09. The minimum Gasteiger partial charge on any atom is -0.333 e. The fraction of sp³-hybridized carbons (Fsp3) is 0.714. The number of carbonyl (C=O) groups is 1. The van der Waals surface area contributed by atoms with E-state index in [9.17, 15) is 4.79 Å². The molecule has 4 nitrogen and oxygen atoms in total. The molecule has 2 unspecified atom stereocenters. The van der Waals surface area contributed by atoms with Crippen LogP contribution >= 0.6 is 11.3 Å². The molecule has 2 saturated heterocycles. The number of likely N-dealkylation sites (tertiary alicyclic amines) is 1. The van der Waals surface area contributed by atoms with Gasteiger partial charge in [0.1, 0.15) is 5.01 Å². The second kappa shape index (κ2) is 5.59. The van der Waals surface area contributed by atoms with Crippen LogP contribution in [0.5, 0.6) is 0 Å². The summed E-state index contributed by atoms with van der Waals surface area (Å²) in [6, 6.07) is 0.219. The number of aromatic nitrogens is 1. The van der Waals surface area contributed by atoms with Gasteiger partial charge in [-0.2, -0.15) is 0 Å². The van der Waals surface area contributed by atoms with Gasteiger partial charge in [-0.3, -0.25) is 4.79 Å². The van der Waals surface area contributed by atoms with E-state index in [0.717, 1.165) is 37.5 Å². The maximum atomic E-state index is 12.7. The number of rotatable bonds is 3. The molecule has 0 radical (unpaired) electrons. The Bertz CT molecular complexity index is 430. The van der Waals surface area contributed by atoms with Crippen LogP contribution in [0.4, 0.5) is 0 Å². The van der Waals surface area contributed by atoms with E-state index in [2.05, 4.69) is 22.1 Å². The molecule has 2 aliphatic heterocycles. The third-order valence-electron chi connectivity index (χ3n) is 4.43. The van der Waals surface area contributed by atoms with Crippen LogP contribution in [0, 0.1) is 11.8 Å². The zero-order valence-electron chi connectivity index (χ0n) is 11.3. The molecule has 104 valence electrons. The summed E-state index contributed by atoms with van der Waals surface area (Å²) in [6.07, 6.45) is 5.24. The smallest absolute Gasteiger partial charge is 0.226 e. The summed E-state index contributed by atoms with van der Waals surface area (Å²) in [7, 11) is 0. The Morgan fingerprint density at radius 3 is 3.00 bits per heavy atom. The van der Waals surface area contributed by atoms with E-state index in [1.807, 2.05) is 11.6 Å². The van der Waals surface area contributed by atoms with Crippen LogP contribution in [0.3, 0.4) is 0 Å². The predicted octanol–water partition coefficient (Wildman–Crippen LogP) is 2.05. The van der Waals surface area contributed by atoms with Gasteiger partial charge in [0.05, 0.1) is 6.04 Å². The molecule has 3 rings (SSSR count). The average molecular weight is 279 g/mol. The number of nitrogens with zero attached hydrogens (tertiary/aromatic N) is 2. The first kappa shape index (κ1) is 13.1. The molecular formula is C14H21N3OS. The van der Waals surface area contributed by atoms with Crippen molar-refractivity contribution < 1.29 is 4.79 Å². The Morgan fingerprint density at radius 2 is 2.37 bits per heavy atom. The predicted molar refractivity (Wildman–Crippen MR) is 75.9 cm³/mol. The maximum absolute atomic E-state index is 12.7. The highest BCUT2D eigenvalue weighted by Crippen LogP contribution is 2.34. The van der Waals surface area contributed by atoms with E-state index in [-0.39, 0.29) is 12.0 Å². The molecule has 3 heterocycles. The molecule has 2 atom stereocenters. The van der Waals surface area contributed by atoms with Crippen molar-refractivity contribution in [2.24, 2.45) is 11.8 Å². The van der Waals surface area contributed by atoms with Crippen LogP contribution in [-0.2, 0) is 4.79 Å². The molecular weight excluding hydrogens is 258 g/mol. The average Bonchev–Trinajstić information content (AvgIpc) is 2.89. The quantitative estimate of drug-likeness (QED) is 0.921. The van der Waals surface area contributed by atoms with Gasteiger partial charge in [0, 0.05) is 24.0 Å². The molecule has 1 aromatic rings. The van der Waals surface area contributed by atoms with Crippen LogP contribution in [0.25, 0.3) is 0 Å². The van der Waals surface area contributed by atoms with E-state index < -0.39 is 0 Å². The number of carbonyl (C=O) groups excluding carboxylic acids is 1. The minimum atomic E-state index is 0.141. The molecule has 0 saturated carbocycles. The van der Waals surface area contributed by atoms with Crippen molar-refractivity contribution in [2.75, 3.05) is 19.6 Å². The van der Waals surface area contributed by atoms with Crippen LogP contribution in [0.1, 0.15) is 37.2 Å². The van der Waals surface area contributed by atoms with E-state index in [4.69, 9.17) is 0 Å². The van der Waals surface area contributed by atoms with E-state index in [1.165, 1.54) is 6.42 Å². The van der Waals surface area contributed by atoms with Crippen LogP contribution in [0.15, 0.2) is 11.6 Å². The van der Waals surface area contributed by atoms with E-state index >= 15 is 0 Å². The topological polar surface area (TPSA) is 45.2 Å². The van der Waals surface area contributed by atoms with Crippen molar-refractivity contribution >= 4 is 17.2 Å². The number of piperidine rings is 1. The Morgan fingerprint density at radius 1 is 1.53 bits per heavy atom. The summed E-state index contributed by atoms with van der Waals surface area (Å²) in [6.45, 7) is 4.96. The van der Waals surface area contributed by atoms with Gasteiger partial charge in [-0.15, -0.1) is 11.3 Å². The number of hydrogen-bond acceptors (Lipinski definition) is 4. The van der Waals surface area contributed by atoms with Crippen molar-refractivity contribution in [3.05, 3.63) is 16.6 Å². The Hall–Kier alpha value is -0.940. The SMILES string of the molecule is CC(C(=O)N1CCCCC1c1nccs1)C1CNC1. The van der Waals surface area contributed by atoms with E-state index in [0.29, 0.717) is 11.8 Å². The van der Waals surface area contributed by atoms with Crippen LogP contribution < -0.4 is 5.32 Å². The van der Waals surface area contributed by atoms with Crippen LogP contribution in [-0.4, -0.2) is 35.4 Å². The molecule has 2 aliphatic rings. The summed E-state index contributed by atoms with van der Waals surface area (Å²) in [5.41, 5.74) is 0. The molecule has 1 aromatic heterocycles. The van der Waals surface area contributed by atoms with Gasteiger partial charge in [0.2, 0.25) is 5.91 Å². The standard InChI is InChI=1S/C14H21N3OS/c1-10(11-8-15-9-11)14(18)17-6-3-2-4-12(17)13-16-5-7-19-13/h5,7,10-12,15H,2-4,6,8-9H2,1H3. The zero-order valence-corrected chi connectivity index (χ0v) is 12.2. The van der Waals surface area contributed by atoms with Crippen molar-refractivity contribution in [1.29, 1.82) is 0 Å². The second-order valence-electron chi connectivity index (χ2n) is 5.62. The van der Waals surface area contributed by atoms with E-state index in [1.54, 1.807) is 11.3 Å². The Labute approximate surface area is 118 Å². The zero-order chi connectivity index (χ0) is 13.2. The van der Waals surface area contributed by atoms with Crippen molar-refractivity contribution in [3.8, 4) is 0 Å². The van der Waals surface area contributed by atoms with Crippen molar-refractivity contribution in [2.45, 2.75) is 32.2 Å². The van der Waals surface area contributed by atoms with Gasteiger partial charge >= 0.3 is 0 Å². The lowest BCUT2D eigenvalue weighted by molar-refractivity contribution is -0.141. The summed E-state index contributed by atoms with van der Waals surface area (Å²) < 4.78 is 0. The van der Waals surface area contributed by atoms with Crippen molar-refractivity contribution in [1.82, 2.24) is 15.2 Å². The highest BCUT2D eigenvalue weighted by atomic mass is 32.1. The number of amides is 1. The third kappa shape index (κ3) is 2.54. The molecule has 0 spiro atoms. The lowest BCUT2D eigenvalue weighted by Gasteiger charge is -2.40. The first-order chi connectivity index (χ1) is 9.27. The summed E-state index contributed by atoms with van der Waals surface area (Å²) >= 11 is 1.67. The fourth-order valence-corrected chi connectivity index (χ4v) is 3.76. The molecule has 0 bridgehead atoms. The van der Waals surface area contributed by atoms with Gasteiger partial charge in [0.25, 0.3) is 0 Å². The maximum Gasteiger partial charge on any atom is 0.226 e. The first-order valence-corrected chi connectivity index (χ1v) is 8.06. The molecule has 1 N–H and O–H groups in total. The van der Waals surface area contributed by atoms with Crippen molar-refractivity contribution in [3.63, 3.8) is 0 Å². The summed E-state index contributed by atoms with van der Waals surface area (Å²) in [4.78, 5) is 19.2. The van der Waals surface area contributed by atoms with Gasteiger partial charge < -0.3 is 10.2 Å². The van der Waals surface area contributed by atoms with Gasteiger partial charge in [0.15, 0.2) is 0 Å². The van der Waals surface area contributed by atoms with Gasteiger partial charge in [-0.05, 0) is 38.3 Å².